The van der Waals surface area contributed by atoms with Gasteiger partial charge in [-0.2, -0.15) is 0 Å². The summed E-state index contributed by atoms with van der Waals surface area (Å²) in [5.41, 5.74) is 6.94. The first kappa shape index (κ1) is 23.4. The smallest absolute Gasteiger partial charge is 0.326 e. The van der Waals surface area contributed by atoms with Crippen LogP contribution in [0.3, 0.4) is 0 Å². The summed E-state index contributed by atoms with van der Waals surface area (Å²) in [4.78, 5) is 42.9. The van der Waals surface area contributed by atoms with E-state index < -0.39 is 35.9 Å². The number of amides is 2. The fourth-order valence-corrected chi connectivity index (χ4v) is 2.45. The Kier molecular flexibility index (Phi) is 9.37. The summed E-state index contributed by atoms with van der Waals surface area (Å²) in [6.07, 6.45) is 3.23. The second kappa shape index (κ2) is 11.2. The molecule has 0 bridgehead atoms. The second-order valence-electron chi connectivity index (χ2n) is 6.22. The maximum Gasteiger partial charge on any atom is 0.326 e. The number of nitrogens with one attached hydrogen (secondary N) is 3. The van der Waals surface area contributed by atoms with E-state index in [0.717, 1.165) is 5.56 Å². The minimum absolute atomic E-state index is 0. The largest absolute Gasteiger partial charge is 0.480 e. The van der Waals surface area contributed by atoms with Crippen LogP contribution >= 0.6 is 0 Å². The maximum absolute atomic E-state index is 12.7. The molecule has 0 saturated carbocycles. The molecule has 0 aliphatic carbocycles. The van der Waals surface area contributed by atoms with Crippen LogP contribution in [0.2, 0.25) is 0 Å². The molecule has 6 N–H and O–H groups in total. The Morgan fingerprint density at radius 3 is 2.29 bits per heavy atom. The van der Waals surface area contributed by atoms with Gasteiger partial charge in [0.05, 0.1) is 12.4 Å². The van der Waals surface area contributed by atoms with E-state index in [4.69, 9.17) is 5.73 Å². The number of rotatable bonds is 9. The summed E-state index contributed by atoms with van der Waals surface area (Å²) in [5.74, 6) is -2.28. The van der Waals surface area contributed by atoms with Gasteiger partial charge in [0.1, 0.15) is 12.1 Å². The summed E-state index contributed by atoms with van der Waals surface area (Å²) >= 11 is 0. The van der Waals surface area contributed by atoms with Gasteiger partial charge in [-0.15, -0.1) is 0 Å². The Morgan fingerprint density at radius 1 is 1.11 bits per heavy atom. The van der Waals surface area contributed by atoms with Crippen LogP contribution in [0.4, 0.5) is 0 Å². The van der Waals surface area contributed by atoms with Crippen molar-refractivity contribution < 1.29 is 36.6 Å². The van der Waals surface area contributed by atoms with E-state index in [1.807, 2.05) is 6.07 Å². The van der Waals surface area contributed by atoms with Gasteiger partial charge in [0.15, 0.2) is 0 Å². The van der Waals surface area contributed by atoms with Crippen LogP contribution in [-0.2, 0) is 44.3 Å². The molecule has 155 valence electrons. The summed E-state index contributed by atoms with van der Waals surface area (Å²) in [5, 5.41) is 14.5. The Hall–Kier alpha value is -2.68. The summed E-state index contributed by atoms with van der Waals surface area (Å²) in [6.45, 7) is 1.50. The molecule has 1 radical (unpaired) electrons. The number of aromatic amines is 1. The number of nitrogens with two attached hydrogens (primary N) is 1. The normalized spacial score (nSPS) is 13.5. The first-order chi connectivity index (χ1) is 12.9. The van der Waals surface area contributed by atoms with Gasteiger partial charge >= 0.3 is 5.97 Å². The Morgan fingerprint density at radius 2 is 1.75 bits per heavy atom. The number of hydrogen-bond acceptors (Lipinski definition) is 5. The average Bonchev–Trinajstić information content (AvgIpc) is 3.14. The number of H-pyrrole nitrogens is 1. The van der Waals surface area contributed by atoms with E-state index >= 15 is 0 Å². The van der Waals surface area contributed by atoms with Gasteiger partial charge in [0, 0.05) is 41.8 Å². The van der Waals surface area contributed by atoms with Crippen molar-refractivity contribution in [1.82, 2.24) is 20.6 Å². The standard InChI is InChI=1S/C18H23N5O4.Cu/c1-11(19)16(24)22-14(8-13-9-20-10-21-13)17(25)23-15(18(26)27)7-12-5-3-2-4-6-12;/h2-6,9-11,14-15H,7-8,19H2,1H3,(H,20,21)(H,22,24)(H,23,25)(H,26,27);. The van der Waals surface area contributed by atoms with E-state index in [1.165, 1.54) is 19.4 Å². The van der Waals surface area contributed by atoms with Crippen molar-refractivity contribution in [1.29, 1.82) is 0 Å². The molecule has 2 amide bonds. The molecule has 0 saturated heterocycles. The van der Waals surface area contributed by atoms with E-state index in [-0.39, 0.29) is 29.9 Å². The van der Waals surface area contributed by atoms with Crippen molar-refractivity contribution in [3.8, 4) is 0 Å². The first-order valence-corrected chi connectivity index (χ1v) is 8.47. The molecule has 0 fully saturated rings. The number of carboxylic acids is 1. The third-order valence-corrected chi connectivity index (χ3v) is 3.92. The second-order valence-corrected chi connectivity index (χ2v) is 6.22. The van der Waals surface area contributed by atoms with E-state index in [0.29, 0.717) is 5.69 Å². The van der Waals surface area contributed by atoms with Crippen molar-refractivity contribution in [3.63, 3.8) is 0 Å². The number of nitrogens with zero attached hydrogens (tertiary/aromatic N) is 1. The van der Waals surface area contributed by atoms with Crippen molar-refractivity contribution in [3.05, 3.63) is 54.1 Å². The molecule has 9 nitrogen and oxygen atoms in total. The van der Waals surface area contributed by atoms with Gasteiger partial charge in [-0.05, 0) is 12.5 Å². The molecule has 28 heavy (non-hydrogen) atoms. The van der Waals surface area contributed by atoms with E-state index in [9.17, 15) is 19.5 Å². The molecule has 2 aromatic rings. The van der Waals surface area contributed by atoms with Crippen LogP contribution in [0.15, 0.2) is 42.9 Å². The molecular formula is C18H23CuN5O4. The Labute approximate surface area is 173 Å². The third-order valence-electron chi connectivity index (χ3n) is 3.92. The van der Waals surface area contributed by atoms with Gasteiger partial charge in [-0.3, -0.25) is 9.59 Å². The van der Waals surface area contributed by atoms with Gasteiger partial charge in [0.25, 0.3) is 0 Å². The predicted molar refractivity (Wildman–Crippen MR) is 97.6 cm³/mol. The molecule has 1 aromatic heterocycles. The van der Waals surface area contributed by atoms with Gasteiger partial charge in [-0.1, -0.05) is 30.3 Å². The number of benzene rings is 1. The third kappa shape index (κ3) is 7.15. The average molecular weight is 437 g/mol. The molecule has 3 unspecified atom stereocenters. The molecule has 0 spiro atoms. The zero-order valence-electron chi connectivity index (χ0n) is 15.2. The zero-order chi connectivity index (χ0) is 19.8. The number of carboxylic acid groups (broad SMARTS) is 1. The SMILES string of the molecule is CC(N)C(=O)NC(Cc1cnc[nH]1)C(=O)NC(Cc1ccccc1)C(=O)O.[Cu]. The van der Waals surface area contributed by atoms with Crippen molar-refractivity contribution in [2.75, 3.05) is 0 Å². The van der Waals surface area contributed by atoms with Gasteiger partial charge < -0.3 is 26.5 Å². The van der Waals surface area contributed by atoms with Crippen molar-refractivity contribution in [2.45, 2.75) is 37.9 Å². The zero-order valence-corrected chi connectivity index (χ0v) is 16.1. The molecular weight excluding hydrogens is 414 g/mol. The van der Waals surface area contributed by atoms with Gasteiger partial charge in [-0.25, -0.2) is 9.78 Å². The van der Waals surface area contributed by atoms with E-state index in [1.54, 1.807) is 24.3 Å². The number of hydrogen-bond donors (Lipinski definition) is 5. The maximum atomic E-state index is 12.7. The monoisotopic (exact) mass is 436 g/mol. The summed E-state index contributed by atoms with van der Waals surface area (Å²) in [6, 6.07) is 6.05. The summed E-state index contributed by atoms with van der Waals surface area (Å²) < 4.78 is 0. The molecule has 10 heteroatoms. The number of aromatic nitrogens is 2. The van der Waals surface area contributed by atoms with E-state index in [2.05, 4.69) is 20.6 Å². The number of carbonyl (C=O) groups excluding carboxylic acids is 2. The first-order valence-electron chi connectivity index (χ1n) is 8.47. The summed E-state index contributed by atoms with van der Waals surface area (Å²) in [7, 11) is 0. The number of carbonyl (C=O) groups is 3. The van der Waals surface area contributed by atoms with Crippen LogP contribution in [0.1, 0.15) is 18.2 Å². The number of aliphatic carboxylic acids is 1. The molecule has 2 rings (SSSR count). The van der Waals surface area contributed by atoms with Crippen LogP contribution in [0.25, 0.3) is 0 Å². The predicted octanol–water partition coefficient (Wildman–Crippen LogP) is -0.406. The fraction of sp³-hybridized carbons (Fsp3) is 0.333. The van der Waals surface area contributed by atoms with Crippen LogP contribution in [0, 0.1) is 0 Å². The van der Waals surface area contributed by atoms with Gasteiger partial charge in [0.2, 0.25) is 11.8 Å². The minimum atomic E-state index is -1.16. The molecule has 0 aliphatic rings. The van der Waals surface area contributed by atoms with Crippen molar-refractivity contribution >= 4 is 17.8 Å². The van der Waals surface area contributed by atoms with Crippen LogP contribution in [-0.4, -0.2) is 51.0 Å². The quantitative estimate of drug-likeness (QED) is 0.337. The van der Waals surface area contributed by atoms with Crippen LogP contribution in [0.5, 0.6) is 0 Å². The fourth-order valence-electron chi connectivity index (χ4n) is 2.45. The minimum Gasteiger partial charge on any atom is -0.480 e. The molecule has 1 heterocycles. The van der Waals surface area contributed by atoms with Crippen molar-refractivity contribution in [2.24, 2.45) is 5.73 Å². The molecule has 3 atom stereocenters. The topological polar surface area (TPSA) is 150 Å². The Bertz CT molecular complexity index is 768. The molecule has 1 aromatic carbocycles. The molecule has 0 aliphatic heterocycles. The number of imidazole rings is 1. The van der Waals surface area contributed by atoms with Crippen LogP contribution < -0.4 is 16.4 Å². The Balaban J connectivity index is 0.00000392.